The number of hydrogen-bond donors (Lipinski definition) is 0. The molecule has 0 saturated heterocycles. The second-order valence-electron chi connectivity index (χ2n) is 15.6. The van der Waals surface area contributed by atoms with E-state index in [9.17, 15) is 0 Å². The summed E-state index contributed by atoms with van der Waals surface area (Å²) in [5.41, 5.74) is 6.71. The van der Waals surface area contributed by atoms with Crippen LogP contribution in [-0.2, 0) is 6.42 Å². The number of unbranched alkanes of at least 4 members (excludes halogenated alkanes) is 5. The lowest BCUT2D eigenvalue weighted by molar-refractivity contribution is 0.608. The van der Waals surface area contributed by atoms with Crippen molar-refractivity contribution in [1.29, 1.82) is 0 Å². The van der Waals surface area contributed by atoms with E-state index in [2.05, 4.69) is 159 Å². The van der Waals surface area contributed by atoms with Crippen LogP contribution < -0.4 is 0 Å². The van der Waals surface area contributed by atoms with Crippen molar-refractivity contribution >= 4 is 86.2 Å². The molecule has 0 amide bonds. The molecular weight excluding hydrogens is 649 g/mol. The summed E-state index contributed by atoms with van der Waals surface area (Å²) < 4.78 is 0. The molecule has 0 N–H and O–H groups in total. The molecule has 0 heteroatoms. The summed E-state index contributed by atoms with van der Waals surface area (Å²) in [6.45, 7) is 2.30. The van der Waals surface area contributed by atoms with Crippen LogP contribution >= 0.6 is 0 Å². The van der Waals surface area contributed by atoms with E-state index in [4.69, 9.17) is 0 Å². The number of hydrogen-bond acceptors (Lipinski definition) is 0. The Morgan fingerprint density at radius 2 is 0.852 bits per heavy atom. The Balaban J connectivity index is 1.38. The highest BCUT2D eigenvalue weighted by atomic mass is 14.3. The Kier molecular flexibility index (Phi) is 7.34. The van der Waals surface area contributed by atoms with Gasteiger partial charge >= 0.3 is 0 Å². The van der Waals surface area contributed by atoms with Crippen LogP contribution in [-0.4, -0.2) is 0 Å². The van der Waals surface area contributed by atoms with Crippen molar-refractivity contribution in [1.82, 2.24) is 0 Å². The number of benzene rings is 9. The smallest absolute Gasteiger partial charge is 0.000697 e. The van der Waals surface area contributed by atoms with Gasteiger partial charge in [-0.15, -0.1) is 0 Å². The fraction of sp³-hybridized carbons (Fsp3) is 0.148. The van der Waals surface area contributed by atoms with Gasteiger partial charge in [0.05, 0.1) is 0 Å². The molecule has 0 bridgehead atoms. The van der Waals surface area contributed by atoms with Gasteiger partial charge in [-0.2, -0.15) is 0 Å². The average molecular weight is 691 g/mol. The Hall–Kier alpha value is -5.98. The molecule has 0 unspecified atom stereocenters. The fourth-order valence-corrected chi connectivity index (χ4v) is 10.1. The highest BCUT2D eigenvalue weighted by molar-refractivity contribution is 6.46. The van der Waals surface area contributed by atoms with Gasteiger partial charge in [0.2, 0.25) is 0 Å². The molecule has 0 atom stereocenters. The van der Waals surface area contributed by atoms with Crippen LogP contribution in [0, 0.1) is 0 Å². The molecule has 11 rings (SSSR count). The lowest BCUT2D eigenvalue weighted by Gasteiger charge is -2.19. The summed E-state index contributed by atoms with van der Waals surface area (Å²) in [5, 5.41) is 21.8. The first-order valence-corrected chi connectivity index (χ1v) is 20.1. The maximum Gasteiger partial charge on any atom is -0.000697 e. The van der Waals surface area contributed by atoms with Crippen molar-refractivity contribution in [3.63, 3.8) is 0 Å². The predicted octanol–water partition coefficient (Wildman–Crippen LogP) is 16.0. The predicted molar refractivity (Wildman–Crippen MR) is 237 cm³/mol. The minimum Gasteiger partial charge on any atom is -0.0654 e. The van der Waals surface area contributed by atoms with Gasteiger partial charge in [-0.05, 0) is 139 Å². The largest absolute Gasteiger partial charge is 0.0654 e. The Morgan fingerprint density at radius 1 is 0.315 bits per heavy atom. The first-order valence-electron chi connectivity index (χ1n) is 20.1. The molecule has 0 saturated carbocycles. The van der Waals surface area contributed by atoms with Crippen LogP contribution in [0.15, 0.2) is 152 Å². The quantitative estimate of drug-likeness (QED) is 0.104. The van der Waals surface area contributed by atoms with Gasteiger partial charge in [-0.3, -0.25) is 0 Å². The topological polar surface area (TPSA) is 0 Å². The van der Waals surface area contributed by atoms with Crippen LogP contribution in [0.4, 0.5) is 0 Å². The minimum absolute atomic E-state index is 1.11. The molecular formula is C54H42. The summed E-state index contributed by atoms with van der Waals surface area (Å²) >= 11 is 0. The zero-order chi connectivity index (χ0) is 35.8. The number of aryl methyl sites for hydroxylation is 1. The van der Waals surface area contributed by atoms with Gasteiger partial charge in [0.1, 0.15) is 0 Å². The van der Waals surface area contributed by atoms with Crippen LogP contribution in [0.25, 0.3) is 108 Å². The van der Waals surface area contributed by atoms with Gasteiger partial charge < -0.3 is 0 Å². The summed E-state index contributed by atoms with van der Waals surface area (Å²) in [6.07, 6.45) is 8.94. The van der Waals surface area contributed by atoms with E-state index in [0.717, 1.165) is 6.42 Å². The molecule has 0 radical (unpaired) electrons. The highest BCUT2D eigenvalue weighted by Crippen LogP contribution is 2.55. The zero-order valence-corrected chi connectivity index (χ0v) is 30.9. The molecule has 0 aliphatic rings. The van der Waals surface area contributed by atoms with E-state index >= 15 is 0 Å². The summed E-state index contributed by atoms with van der Waals surface area (Å²) in [7, 11) is 0. The SMILES string of the molecule is CCCCCCCCc1cc2c3ccccc3cc3c4c(-c5ccccc5)c5c(cc6c7ccccc7c7cccc5c76)c(-c5ccccc5)c4c(c1)c23. The van der Waals surface area contributed by atoms with Gasteiger partial charge in [0, 0.05) is 0 Å². The fourth-order valence-electron chi connectivity index (χ4n) is 10.1. The third kappa shape index (κ3) is 4.62. The van der Waals surface area contributed by atoms with E-state index in [0.29, 0.717) is 0 Å². The van der Waals surface area contributed by atoms with E-state index in [1.54, 1.807) is 0 Å². The van der Waals surface area contributed by atoms with Crippen LogP contribution in [0.3, 0.4) is 0 Å². The monoisotopic (exact) mass is 690 g/mol. The van der Waals surface area contributed by atoms with Crippen molar-refractivity contribution in [2.75, 3.05) is 0 Å². The molecule has 11 aromatic carbocycles. The van der Waals surface area contributed by atoms with Gasteiger partial charge in [-0.1, -0.05) is 179 Å². The van der Waals surface area contributed by atoms with E-state index in [1.807, 2.05) is 0 Å². The molecule has 0 aliphatic carbocycles. The lowest BCUT2D eigenvalue weighted by Crippen LogP contribution is -1.91. The maximum atomic E-state index is 2.58. The second-order valence-corrected chi connectivity index (χ2v) is 15.6. The van der Waals surface area contributed by atoms with Gasteiger partial charge in [-0.25, -0.2) is 0 Å². The van der Waals surface area contributed by atoms with Crippen LogP contribution in [0.5, 0.6) is 0 Å². The average Bonchev–Trinajstić information content (AvgIpc) is 3.72. The molecule has 0 aliphatic heterocycles. The standard InChI is InChI=1S/C54H42/c1-2-3-4-5-6-9-19-34-30-43-38-25-15-14-24-37(38)32-46-51(43)45(31-34)53-48(35-20-10-7-11-21-35)47-33-44-40-27-17-16-26-39(40)41-28-18-29-42(50(41)44)52(47)49(54(46)53)36-22-12-8-13-23-36/h7-8,10-18,20-33H,2-6,9,19H2,1H3. The Labute approximate surface area is 316 Å². The summed E-state index contributed by atoms with van der Waals surface area (Å²) in [5.74, 6) is 0. The number of fused-ring (bicyclic) bond motifs is 10. The highest BCUT2D eigenvalue weighted by Gasteiger charge is 2.27. The van der Waals surface area contributed by atoms with Crippen molar-refractivity contribution in [3.8, 4) is 22.3 Å². The second kappa shape index (κ2) is 12.6. The lowest BCUT2D eigenvalue weighted by atomic mass is 9.83. The molecule has 0 fully saturated rings. The van der Waals surface area contributed by atoms with Crippen LogP contribution in [0.2, 0.25) is 0 Å². The van der Waals surface area contributed by atoms with Crippen molar-refractivity contribution < 1.29 is 0 Å². The van der Waals surface area contributed by atoms with Crippen molar-refractivity contribution in [3.05, 3.63) is 157 Å². The van der Waals surface area contributed by atoms with Gasteiger partial charge in [0.25, 0.3) is 0 Å². The first kappa shape index (κ1) is 31.5. The minimum atomic E-state index is 1.11. The molecule has 258 valence electrons. The summed E-state index contributed by atoms with van der Waals surface area (Å²) in [4.78, 5) is 0. The maximum absolute atomic E-state index is 2.58. The van der Waals surface area contributed by atoms with E-state index in [1.165, 1.54) is 153 Å². The first-order chi connectivity index (χ1) is 26.8. The molecule has 54 heavy (non-hydrogen) atoms. The molecule has 0 spiro atoms. The Morgan fingerprint density at radius 3 is 1.63 bits per heavy atom. The third-order valence-electron chi connectivity index (χ3n) is 12.4. The van der Waals surface area contributed by atoms with E-state index < -0.39 is 0 Å². The van der Waals surface area contributed by atoms with Crippen molar-refractivity contribution in [2.45, 2.75) is 51.9 Å². The van der Waals surface area contributed by atoms with Crippen molar-refractivity contribution in [2.24, 2.45) is 0 Å². The Bertz CT molecular complexity index is 3170. The number of rotatable bonds is 9. The van der Waals surface area contributed by atoms with E-state index in [-0.39, 0.29) is 0 Å². The molecule has 0 nitrogen and oxygen atoms in total. The molecule has 11 aromatic rings. The third-order valence-corrected chi connectivity index (χ3v) is 12.4. The van der Waals surface area contributed by atoms with Gasteiger partial charge in [0.15, 0.2) is 0 Å². The molecule has 0 aromatic heterocycles. The zero-order valence-electron chi connectivity index (χ0n) is 30.9. The molecule has 0 heterocycles. The summed E-state index contributed by atoms with van der Waals surface area (Å²) in [6, 6.07) is 57.8. The normalized spacial score (nSPS) is 12.3. The van der Waals surface area contributed by atoms with Crippen LogP contribution in [0.1, 0.15) is 51.0 Å².